The highest BCUT2D eigenvalue weighted by Crippen LogP contribution is 2.32. The van der Waals surface area contributed by atoms with E-state index >= 15 is 0 Å². The van der Waals surface area contributed by atoms with Gasteiger partial charge in [-0.15, -0.1) is 0 Å². The Bertz CT molecular complexity index is 830. The molecule has 0 aliphatic carbocycles. The SMILES string of the molecule is O=C1S/C(=C/C=C\c2ccccc2)C(=O)N1Cc1ccccc1F. The lowest BCUT2D eigenvalue weighted by Crippen LogP contribution is -2.27. The van der Waals surface area contributed by atoms with Crippen molar-refractivity contribution in [2.75, 3.05) is 0 Å². The Balaban J connectivity index is 1.73. The minimum atomic E-state index is -0.426. The molecule has 1 aliphatic heterocycles. The molecule has 1 aliphatic rings. The molecule has 2 aromatic carbocycles. The third-order valence-electron chi connectivity index (χ3n) is 3.50. The zero-order valence-electron chi connectivity index (χ0n) is 12.7. The van der Waals surface area contributed by atoms with Crippen LogP contribution in [0.5, 0.6) is 0 Å². The zero-order chi connectivity index (χ0) is 16.9. The molecule has 1 fully saturated rings. The van der Waals surface area contributed by atoms with Crippen LogP contribution in [0.4, 0.5) is 9.18 Å². The Morgan fingerprint density at radius 1 is 1.00 bits per heavy atom. The van der Waals surface area contributed by atoms with E-state index in [0.717, 1.165) is 22.2 Å². The number of nitrogens with zero attached hydrogens (tertiary/aromatic N) is 1. The number of carbonyl (C=O) groups excluding carboxylic acids is 2. The molecule has 24 heavy (non-hydrogen) atoms. The topological polar surface area (TPSA) is 37.4 Å². The van der Waals surface area contributed by atoms with Crippen LogP contribution in [0, 0.1) is 5.82 Å². The van der Waals surface area contributed by atoms with Crippen LogP contribution in [0.3, 0.4) is 0 Å². The van der Waals surface area contributed by atoms with E-state index in [1.54, 1.807) is 30.4 Å². The quantitative estimate of drug-likeness (QED) is 0.763. The molecule has 0 unspecified atom stereocenters. The van der Waals surface area contributed by atoms with Gasteiger partial charge < -0.3 is 0 Å². The summed E-state index contributed by atoms with van der Waals surface area (Å²) >= 11 is 0.867. The molecular formula is C19H14FNO2S. The van der Waals surface area contributed by atoms with Crippen molar-refractivity contribution in [2.24, 2.45) is 0 Å². The highest BCUT2D eigenvalue weighted by atomic mass is 32.2. The zero-order valence-corrected chi connectivity index (χ0v) is 13.5. The summed E-state index contributed by atoms with van der Waals surface area (Å²) in [7, 11) is 0. The van der Waals surface area contributed by atoms with Gasteiger partial charge in [0.25, 0.3) is 11.1 Å². The molecule has 0 atom stereocenters. The summed E-state index contributed by atoms with van der Waals surface area (Å²) in [6.45, 7) is -0.0585. The highest BCUT2D eigenvalue weighted by Gasteiger charge is 2.35. The molecule has 5 heteroatoms. The van der Waals surface area contributed by atoms with Crippen molar-refractivity contribution in [1.82, 2.24) is 4.90 Å². The van der Waals surface area contributed by atoms with Gasteiger partial charge in [0.15, 0.2) is 0 Å². The Kier molecular flexibility index (Phi) is 4.91. The number of carbonyl (C=O) groups is 2. The molecule has 0 aromatic heterocycles. The van der Waals surface area contributed by atoms with Gasteiger partial charge in [-0.1, -0.05) is 60.7 Å². The molecule has 3 rings (SSSR count). The number of rotatable bonds is 4. The smallest absolute Gasteiger partial charge is 0.268 e. The van der Waals surface area contributed by atoms with Gasteiger partial charge in [0.05, 0.1) is 11.4 Å². The lowest BCUT2D eigenvalue weighted by molar-refractivity contribution is -0.123. The average Bonchev–Trinajstić information content (AvgIpc) is 2.85. The van der Waals surface area contributed by atoms with E-state index in [-0.39, 0.29) is 11.8 Å². The van der Waals surface area contributed by atoms with Crippen molar-refractivity contribution in [3.05, 3.63) is 88.6 Å². The first-order valence-corrected chi connectivity index (χ1v) is 8.17. The van der Waals surface area contributed by atoms with Gasteiger partial charge in [0.1, 0.15) is 5.82 Å². The van der Waals surface area contributed by atoms with Crippen molar-refractivity contribution in [1.29, 1.82) is 0 Å². The van der Waals surface area contributed by atoms with E-state index in [9.17, 15) is 14.0 Å². The fraction of sp³-hybridized carbons (Fsp3) is 0.0526. The van der Waals surface area contributed by atoms with Gasteiger partial charge in [-0.3, -0.25) is 14.5 Å². The molecule has 3 nitrogen and oxygen atoms in total. The molecule has 120 valence electrons. The van der Waals surface area contributed by atoms with Gasteiger partial charge in [-0.05, 0) is 29.5 Å². The fourth-order valence-corrected chi connectivity index (χ4v) is 3.05. The van der Waals surface area contributed by atoms with Gasteiger partial charge in [0, 0.05) is 5.56 Å². The first-order valence-electron chi connectivity index (χ1n) is 7.35. The second kappa shape index (κ2) is 7.27. The number of imide groups is 1. The molecular weight excluding hydrogens is 325 g/mol. The first kappa shape index (κ1) is 16.2. The summed E-state index contributed by atoms with van der Waals surface area (Å²) in [6, 6.07) is 15.8. The normalized spacial score (nSPS) is 16.5. The van der Waals surface area contributed by atoms with E-state index in [4.69, 9.17) is 0 Å². The Hall–Kier alpha value is -2.66. The van der Waals surface area contributed by atoms with Crippen molar-refractivity contribution in [2.45, 2.75) is 6.54 Å². The standard InChI is InChI=1S/C19H14FNO2S/c20-16-11-5-4-10-15(16)13-21-18(22)17(24-19(21)23)12-6-9-14-7-2-1-3-8-14/h1-12H,13H2/b9-6-,17-12+. The van der Waals surface area contributed by atoms with Gasteiger partial charge in [0.2, 0.25) is 0 Å². The fourth-order valence-electron chi connectivity index (χ4n) is 2.26. The van der Waals surface area contributed by atoms with E-state index in [1.807, 2.05) is 36.4 Å². The third-order valence-corrected chi connectivity index (χ3v) is 4.42. The van der Waals surface area contributed by atoms with Crippen molar-refractivity contribution in [3.8, 4) is 0 Å². The summed E-state index contributed by atoms with van der Waals surface area (Å²) in [4.78, 5) is 25.8. The van der Waals surface area contributed by atoms with Crippen LogP contribution in [0.25, 0.3) is 6.08 Å². The van der Waals surface area contributed by atoms with Crippen molar-refractivity contribution >= 4 is 29.0 Å². The molecule has 2 aromatic rings. The van der Waals surface area contributed by atoms with Crippen LogP contribution >= 0.6 is 11.8 Å². The van der Waals surface area contributed by atoms with Gasteiger partial charge in [-0.2, -0.15) is 0 Å². The summed E-state index contributed by atoms with van der Waals surface area (Å²) in [5, 5.41) is -0.386. The number of hydrogen-bond acceptors (Lipinski definition) is 3. The molecule has 0 radical (unpaired) electrons. The van der Waals surface area contributed by atoms with E-state index < -0.39 is 11.7 Å². The number of benzene rings is 2. The molecule has 1 saturated heterocycles. The summed E-state index contributed by atoms with van der Waals surface area (Å²) in [6.07, 6.45) is 5.19. The molecule has 0 spiro atoms. The second-order valence-electron chi connectivity index (χ2n) is 5.15. The molecule has 2 amide bonds. The predicted molar refractivity (Wildman–Crippen MR) is 93.5 cm³/mol. The maximum Gasteiger partial charge on any atom is 0.293 e. The molecule has 1 heterocycles. The number of thioether (sulfide) groups is 1. The second-order valence-corrected chi connectivity index (χ2v) is 6.14. The largest absolute Gasteiger partial charge is 0.293 e. The Labute approximate surface area is 143 Å². The maximum absolute atomic E-state index is 13.7. The lowest BCUT2D eigenvalue weighted by Gasteiger charge is -2.12. The summed E-state index contributed by atoms with van der Waals surface area (Å²) in [5.41, 5.74) is 1.32. The van der Waals surface area contributed by atoms with Crippen LogP contribution < -0.4 is 0 Å². The average molecular weight is 339 g/mol. The van der Waals surface area contributed by atoms with Gasteiger partial charge in [-0.25, -0.2) is 4.39 Å². The van der Waals surface area contributed by atoms with Crippen LogP contribution in [0.15, 0.2) is 71.7 Å². The molecule has 0 saturated carbocycles. The third kappa shape index (κ3) is 3.63. The number of hydrogen-bond donors (Lipinski definition) is 0. The Morgan fingerprint density at radius 3 is 2.46 bits per heavy atom. The van der Waals surface area contributed by atoms with E-state index in [0.29, 0.717) is 10.5 Å². The highest BCUT2D eigenvalue weighted by molar-refractivity contribution is 8.18. The van der Waals surface area contributed by atoms with Gasteiger partial charge >= 0.3 is 0 Å². The van der Waals surface area contributed by atoms with Crippen LogP contribution in [-0.4, -0.2) is 16.0 Å². The van der Waals surface area contributed by atoms with E-state index in [1.165, 1.54) is 6.07 Å². The summed E-state index contributed by atoms with van der Waals surface area (Å²) in [5.74, 6) is -0.824. The monoisotopic (exact) mass is 339 g/mol. The maximum atomic E-state index is 13.7. The minimum absolute atomic E-state index is 0.0585. The van der Waals surface area contributed by atoms with Crippen LogP contribution in [0.1, 0.15) is 11.1 Å². The van der Waals surface area contributed by atoms with Crippen LogP contribution in [-0.2, 0) is 11.3 Å². The van der Waals surface area contributed by atoms with Crippen LogP contribution in [0.2, 0.25) is 0 Å². The van der Waals surface area contributed by atoms with Crippen molar-refractivity contribution < 1.29 is 14.0 Å². The Morgan fingerprint density at radius 2 is 1.71 bits per heavy atom. The van der Waals surface area contributed by atoms with E-state index in [2.05, 4.69) is 0 Å². The molecule has 0 N–H and O–H groups in total. The summed E-state index contributed by atoms with van der Waals surface area (Å²) < 4.78 is 13.7. The minimum Gasteiger partial charge on any atom is -0.268 e. The molecule has 0 bridgehead atoms. The first-order chi connectivity index (χ1) is 11.6. The van der Waals surface area contributed by atoms with Crippen molar-refractivity contribution in [3.63, 3.8) is 0 Å². The number of allylic oxidation sites excluding steroid dienone is 2. The number of amides is 2. The predicted octanol–water partition coefficient (Wildman–Crippen LogP) is 4.62. The lowest BCUT2D eigenvalue weighted by atomic mass is 10.2. The number of halogens is 1.